The number of aromatic nitrogens is 1. The van der Waals surface area contributed by atoms with E-state index in [1.807, 2.05) is 47.4 Å². The molecule has 0 saturated carbocycles. The second-order valence-corrected chi connectivity index (χ2v) is 7.79. The Bertz CT molecular complexity index is 1230. The number of hydrogen-bond donors (Lipinski definition) is 2. The third kappa shape index (κ3) is 2.39. The normalized spacial score (nSPS) is 20.7. The van der Waals surface area contributed by atoms with E-state index in [1.54, 1.807) is 0 Å². The molecule has 29 heavy (non-hydrogen) atoms. The topological polar surface area (TPSA) is 48.1 Å². The van der Waals surface area contributed by atoms with Crippen LogP contribution in [0.2, 0.25) is 0 Å². The standard InChI is InChI=1S/C25H21N3O/c29-25-22(19-11-5-7-13-21(19)28(25)16-8-2-1-3-9-16)24-23-18(14-15-26-24)17-10-4-6-12-20(17)27-23/h1-13,22,24,26-27H,14-15H2/t22-,24-/m0/s1. The summed E-state index contributed by atoms with van der Waals surface area (Å²) in [6.45, 7) is 0.872. The van der Waals surface area contributed by atoms with Crippen LogP contribution in [0.5, 0.6) is 0 Å². The summed E-state index contributed by atoms with van der Waals surface area (Å²) < 4.78 is 0. The first-order chi connectivity index (χ1) is 14.3. The van der Waals surface area contributed by atoms with Gasteiger partial charge in [0.05, 0.1) is 17.6 Å². The fourth-order valence-corrected chi connectivity index (χ4v) is 5.01. The van der Waals surface area contributed by atoms with Crippen molar-refractivity contribution in [1.82, 2.24) is 10.3 Å². The van der Waals surface area contributed by atoms with Crippen molar-refractivity contribution < 1.29 is 4.79 Å². The summed E-state index contributed by atoms with van der Waals surface area (Å²) in [5, 5.41) is 4.91. The third-order valence-electron chi connectivity index (χ3n) is 6.24. The molecule has 4 heteroatoms. The van der Waals surface area contributed by atoms with Crippen LogP contribution in [0, 0.1) is 0 Å². The lowest BCUT2D eigenvalue weighted by atomic mass is 9.86. The number of anilines is 2. The molecule has 1 aromatic heterocycles. The van der Waals surface area contributed by atoms with Crippen molar-refractivity contribution in [3.05, 3.63) is 95.7 Å². The maximum absolute atomic E-state index is 13.8. The molecular formula is C25H21N3O. The zero-order valence-electron chi connectivity index (χ0n) is 15.9. The minimum atomic E-state index is -0.251. The van der Waals surface area contributed by atoms with E-state index >= 15 is 0 Å². The van der Waals surface area contributed by atoms with E-state index in [2.05, 4.69) is 46.7 Å². The van der Waals surface area contributed by atoms with Crippen LogP contribution < -0.4 is 10.2 Å². The summed E-state index contributed by atoms with van der Waals surface area (Å²) in [5.41, 5.74) is 6.63. The number of carbonyl (C=O) groups excluding carboxylic acids is 1. The first kappa shape index (κ1) is 16.6. The fraction of sp³-hybridized carbons (Fsp3) is 0.160. The predicted octanol–water partition coefficient (Wildman–Crippen LogP) is 4.82. The van der Waals surface area contributed by atoms with Crippen LogP contribution in [0.1, 0.15) is 28.8 Å². The zero-order chi connectivity index (χ0) is 19.4. The van der Waals surface area contributed by atoms with E-state index in [9.17, 15) is 4.79 Å². The van der Waals surface area contributed by atoms with Crippen molar-refractivity contribution in [3.63, 3.8) is 0 Å². The first-order valence-electron chi connectivity index (χ1n) is 10.1. The molecule has 0 saturated heterocycles. The molecular weight excluding hydrogens is 358 g/mol. The second kappa shape index (κ2) is 6.33. The van der Waals surface area contributed by atoms with Crippen molar-refractivity contribution in [3.8, 4) is 0 Å². The van der Waals surface area contributed by atoms with Gasteiger partial charge in [-0.05, 0) is 48.4 Å². The summed E-state index contributed by atoms with van der Waals surface area (Å²) in [4.78, 5) is 19.2. The van der Waals surface area contributed by atoms with Crippen LogP contribution in [0.4, 0.5) is 11.4 Å². The lowest BCUT2D eigenvalue weighted by molar-refractivity contribution is -0.119. The summed E-state index contributed by atoms with van der Waals surface area (Å²) in [6.07, 6.45) is 0.973. The number of rotatable bonds is 2. The van der Waals surface area contributed by atoms with Crippen LogP contribution in [0.25, 0.3) is 10.9 Å². The van der Waals surface area contributed by atoms with Gasteiger partial charge >= 0.3 is 0 Å². The summed E-state index contributed by atoms with van der Waals surface area (Å²) in [6, 6.07) is 26.5. The SMILES string of the molecule is O=C1[C@H]([C@@H]2NCCc3c2[nH]c2ccccc32)c2ccccc2N1c1ccccc1. The lowest BCUT2D eigenvalue weighted by Crippen LogP contribution is -2.37. The van der Waals surface area contributed by atoms with Crippen molar-refractivity contribution in [2.45, 2.75) is 18.4 Å². The number of nitrogens with one attached hydrogen (secondary N) is 2. The minimum absolute atomic E-state index is 0.0616. The Hall–Kier alpha value is -3.37. The average molecular weight is 379 g/mol. The molecule has 0 spiro atoms. The Balaban J connectivity index is 1.51. The second-order valence-electron chi connectivity index (χ2n) is 7.79. The van der Waals surface area contributed by atoms with Crippen LogP contribution in [-0.4, -0.2) is 17.4 Å². The van der Waals surface area contributed by atoms with Crippen molar-refractivity contribution in [1.29, 1.82) is 0 Å². The van der Waals surface area contributed by atoms with Crippen LogP contribution in [0.15, 0.2) is 78.9 Å². The van der Waals surface area contributed by atoms with Crippen LogP contribution >= 0.6 is 0 Å². The summed E-state index contributed by atoms with van der Waals surface area (Å²) in [7, 11) is 0. The van der Waals surface area contributed by atoms with Gasteiger partial charge in [0, 0.05) is 22.3 Å². The van der Waals surface area contributed by atoms with Gasteiger partial charge in [-0.25, -0.2) is 0 Å². The van der Waals surface area contributed by atoms with E-state index < -0.39 is 0 Å². The average Bonchev–Trinajstić information content (AvgIpc) is 3.29. The molecule has 4 nitrogen and oxygen atoms in total. The van der Waals surface area contributed by atoms with Gasteiger partial charge < -0.3 is 10.3 Å². The maximum atomic E-state index is 13.8. The highest BCUT2D eigenvalue weighted by atomic mass is 16.2. The van der Waals surface area contributed by atoms with E-state index in [1.165, 1.54) is 10.9 Å². The molecule has 2 N–H and O–H groups in total. The molecule has 6 rings (SSSR count). The molecule has 3 heterocycles. The van der Waals surface area contributed by atoms with E-state index in [0.717, 1.165) is 41.1 Å². The molecule has 2 aliphatic heterocycles. The Morgan fingerprint density at radius 3 is 2.52 bits per heavy atom. The van der Waals surface area contributed by atoms with Crippen LogP contribution in [0.3, 0.4) is 0 Å². The Kier molecular flexibility index (Phi) is 3.61. The smallest absolute Gasteiger partial charge is 0.241 e. The van der Waals surface area contributed by atoms with E-state index in [4.69, 9.17) is 0 Å². The van der Waals surface area contributed by atoms with Crippen LogP contribution in [-0.2, 0) is 11.2 Å². The van der Waals surface area contributed by atoms with Crippen molar-refractivity contribution in [2.75, 3.05) is 11.4 Å². The lowest BCUT2D eigenvalue weighted by Gasteiger charge is -2.29. The number of H-pyrrole nitrogens is 1. The van der Waals surface area contributed by atoms with Gasteiger partial charge in [0.25, 0.3) is 0 Å². The molecule has 3 aromatic carbocycles. The van der Waals surface area contributed by atoms with Gasteiger partial charge in [-0.3, -0.25) is 9.69 Å². The van der Waals surface area contributed by atoms with Gasteiger partial charge in [0.2, 0.25) is 5.91 Å². The quantitative estimate of drug-likeness (QED) is 0.525. The first-order valence-corrected chi connectivity index (χ1v) is 10.1. The van der Waals surface area contributed by atoms with Gasteiger partial charge in [0.15, 0.2) is 0 Å². The number of fused-ring (bicyclic) bond motifs is 4. The highest BCUT2D eigenvalue weighted by Crippen LogP contribution is 2.48. The highest BCUT2D eigenvalue weighted by molar-refractivity contribution is 6.10. The largest absolute Gasteiger partial charge is 0.357 e. The van der Waals surface area contributed by atoms with Crippen molar-refractivity contribution >= 4 is 28.2 Å². The monoisotopic (exact) mass is 379 g/mol. The predicted molar refractivity (Wildman–Crippen MR) is 116 cm³/mol. The molecule has 1 amide bonds. The Morgan fingerprint density at radius 2 is 1.62 bits per heavy atom. The molecule has 142 valence electrons. The van der Waals surface area contributed by atoms with E-state index in [-0.39, 0.29) is 17.9 Å². The molecule has 4 aromatic rings. The molecule has 2 atom stereocenters. The number of amides is 1. The summed E-state index contributed by atoms with van der Waals surface area (Å²) in [5.74, 6) is -0.125. The number of carbonyl (C=O) groups is 1. The molecule has 0 bridgehead atoms. The molecule has 0 radical (unpaired) electrons. The zero-order valence-corrected chi connectivity index (χ0v) is 15.9. The Labute approximate surface area is 169 Å². The van der Waals surface area contributed by atoms with Gasteiger partial charge in [-0.15, -0.1) is 0 Å². The number of nitrogens with zero attached hydrogens (tertiary/aromatic N) is 1. The maximum Gasteiger partial charge on any atom is 0.241 e. The molecule has 0 aliphatic carbocycles. The third-order valence-corrected chi connectivity index (χ3v) is 6.24. The van der Waals surface area contributed by atoms with E-state index in [0.29, 0.717) is 0 Å². The van der Waals surface area contributed by atoms with Gasteiger partial charge in [-0.2, -0.15) is 0 Å². The molecule has 2 aliphatic rings. The van der Waals surface area contributed by atoms with Crippen molar-refractivity contribution in [2.24, 2.45) is 0 Å². The number of para-hydroxylation sites is 3. The number of aromatic amines is 1. The Morgan fingerprint density at radius 1 is 0.862 bits per heavy atom. The molecule has 0 unspecified atom stereocenters. The number of hydrogen-bond acceptors (Lipinski definition) is 2. The minimum Gasteiger partial charge on any atom is -0.357 e. The van der Waals surface area contributed by atoms with Gasteiger partial charge in [0.1, 0.15) is 0 Å². The van der Waals surface area contributed by atoms with Gasteiger partial charge in [-0.1, -0.05) is 54.6 Å². The fourth-order valence-electron chi connectivity index (χ4n) is 5.01. The highest BCUT2D eigenvalue weighted by Gasteiger charge is 2.44. The number of benzene rings is 3. The molecule has 0 fully saturated rings. The summed E-state index contributed by atoms with van der Waals surface area (Å²) >= 11 is 0.